The number of rotatable bonds is 3. The van der Waals surface area contributed by atoms with E-state index < -0.39 is 34.8 Å². The predicted octanol–water partition coefficient (Wildman–Crippen LogP) is 2.42. The molecule has 0 unspecified atom stereocenters. The van der Waals surface area contributed by atoms with Gasteiger partial charge in [-0.3, -0.25) is 4.79 Å². The third-order valence-corrected chi connectivity index (χ3v) is 4.19. The minimum Gasteiger partial charge on any atom is -0.444 e. The van der Waals surface area contributed by atoms with Gasteiger partial charge in [0, 0.05) is 31.2 Å². The van der Waals surface area contributed by atoms with Crippen LogP contribution in [0.15, 0.2) is 18.2 Å². The Bertz CT molecular complexity index is 681. The van der Waals surface area contributed by atoms with E-state index in [-0.39, 0.29) is 12.1 Å². The van der Waals surface area contributed by atoms with Gasteiger partial charge in [-0.1, -0.05) is 0 Å². The van der Waals surface area contributed by atoms with Crippen molar-refractivity contribution in [1.29, 1.82) is 0 Å². The first-order valence-electron chi connectivity index (χ1n) is 8.49. The Labute approximate surface area is 151 Å². The van der Waals surface area contributed by atoms with Crippen molar-refractivity contribution in [2.75, 3.05) is 19.6 Å². The molecule has 144 valence electrons. The summed E-state index contributed by atoms with van der Waals surface area (Å²) in [5.41, 5.74) is 4.78. The minimum atomic E-state index is -0.923. The van der Waals surface area contributed by atoms with Crippen LogP contribution in [0.5, 0.6) is 0 Å². The number of nitrogens with zero attached hydrogens (tertiary/aromatic N) is 1. The summed E-state index contributed by atoms with van der Waals surface area (Å²) >= 11 is 0. The van der Waals surface area contributed by atoms with Crippen LogP contribution in [0.2, 0.25) is 0 Å². The quantitative estimate of drug-likeness (QED) is 0.857. The Morgan fingerprint density at radius 1 is 1.27 bits per heavy atom. The molecule has 2 rings (SSSR count). The van der Waals surface area contributed by atoms with E-state index >= 15 is 0 Å². The zero-order valence-corrected chi connectivity index (χ0v) is 15.3. The number of nitrogens with one attached hydrogen (secondary N) is 1. The van der Waals surface area contributed by atoms with Gasteiger partial charge in [-0.25, -0.2) is 13.6 Å². The van der Waals surface area contributed by atoms with Crippen LogP contribution < -0.4 is 11.1 Å². The van der Waals surface area contributed by atoms with Gasteiger partial charge in [0.15, 0.2) is 0 Å². The van der Waals surface area contributed by atoms with Gasteiger partial charge in [-0.15, -0.1) is 0 Å². The number of nitrogens with two attached hydrogens (primary N) is 1. The fraction of sp³-hybridized carbons (Fsp3) is 0.556. The highest BCUT2D eigenvalue weighted by Gasteiger charge is 2.34. The third kappa shape index (κ3) is 5.39. The maximum Gasteiger partial charge on any atom is 0.410 e. The molecule has 0 aliphatic carbocycles. The lowest BCUT2D eigenvalue weighted by Gasteiger charge is -2.39. The number of piperidine rings is 1. The van der Waals surface area contributed by atoms with E-state index in [0.29, 0.717) is 32.0 Å². The van der Waals surface area contributed by atoms with Gasteiger partial charge in [0.1, 0.15) is 17.2 Å². The van der Waals surface area contributed by atoms with Crippen LogP contribution in [-0.2, 0) is 4.74 Å². The van der Waals surface area contributed by atoms with Crippen LogP contribution in [0.3, 0.4) is 0 Å². The van der Waals surface area contributed by atoms with Gasteiger partial charge in [0.25, 0.3) is 5.91 Å². The van der Waals surface area contributed by atoms with Gasteiger partial charge in [-0.2, -0.15) is 0 Å². The summed E-state index contributed by atoms with van der Waals surface area (Å²) in [7, 11) is 0. The van der Waals surface area contributed by atoms with Gasteiger partial charge in [0.2, 0.25) is 0 Å². The molecule has 1 aliphatic heterocycles. The highest BCUT2D eigenvalue weighted by Crippen LogP contribution is 2.21. The Morgan fingerprint density at radius 3 is 2.42 bits per heavy atom. The summed E-state index contributed by atoms with van der Waals surface area (Å²) in [6, 6.07) is 2.77. The summed E-state index contributed by atoms with van der Waals surface area (Å²) in [5, 5.41) is 2.59. The minimum absolute atomic E-state index is 0.130. The molecule has 0 bridgehead atoms. The molecule has 1 aromatic rings. The third-order valence-electron chi connectivity index (χ3n) is 4.19. The van der Waals surface area contributed by atoms with E-state index in [9.17, 15) is 18.4 Å². The summed E-state index contributed by atoms with van der Waals surface area (Å²) in [6.07, 6.45) is 0.550. The van der Waals surface area contributed by atoms with Crippen molar-refractivity contribution in [3.8, 4) is 0 Å². The number of amides is 2. The number of halogens is 2. The predicted molar refractivity (Wildman–Crippen MR) is 92.7 cm³/mol. The zero-order chi connectivity index (χ0) is 19.5. The standard InChI is InChI=1S/C18H25F2N3O3/c1-17(2,3)26-16(25)23-8-6-18(21,7-9-23)11-22-15(24)13-5-4-12(19)10-14(13)20/h4-5,10H,6-9,11,21H2,1-3H3,(H,22,24). The molecule has 1 heterocycles. The summed E-state index contributed by atoms with van der Waals surface area (Å²) in [5.74, 6) is -2.32. The van der Waals surface area contributed by atoms with Crippen LogP contribution >= 0.6 is 0 Å². The number of hydrogen-bond donors (Lipinski definition) is 2. The lowest BCUT2D eigenvalue weighted by molar-refractivity contribution is 0.0167. The molecule has 1 aliphatic rings. The normalized spacial score (nSPS) is 16.9. The highest BCUT2D eigenvalue weighted by molar-refractivity contribution is 5.94. The van der Waals surface area contributed by atoms with E-state index in [2.05, 4.69) is 5.32 Å². The van der Waals surface area contributed by atoms with Crippen molar-refractivity contribution >= 4 is 12.0 Å². The number of benzene rings is 1. The topological polar surface area (TPSA) is 84.7 Å². The van der Waals surface area contributed by atoms with Gasteiger partial charge >= 0.3 is 6.09 Å². The molecule has 0 atom stereocenters. The smallest absolute Gasteiger partial charge is 0.410 e. The Kier molecular flexibility index (Phi) is 5.85. The number of hydrogen-bond acceptors (Lipinski definition) is 4. The molecule has 1 saturated heterocycles. The number of likely N-dealkylation sites (tertiary alicyclic amines) is 1. The molecule has 1 fully saturated rings. The van der Waals surface area contributed by atoms with Crippen LogP contribution in [0.25, 0.3) is 0 Å². The fourth-order valence-electron chi connectivity index (χ4n) is 2.66. The number of carbonyl (C=O) groups excluding carboxylic acids is 2. The average molecular weight is 369 g/mol. The molecule has 0 radical (unpaired) electrons. The SMILES string of the molecule is CC(C)(C)OC(=O)N1CCC(N)(CNC(=O)c2ccc(F)cc2F)CC1. The average Bonchev–Trinajstić information content (AvgIpc) is 2.52. The Balaban J connectivity index is 1.87. The molecule has 8 heteroatoms. The van der Waals surface area contributed by atoms with E-state index in [1.165, 1.54) is 0 Å². The van der Waals surface area contributed by atoms with E-state index in [4.69, 9.17) is 10.5 Å². The molecule has 26 heavy (non-hydrogen) atoms. The lowest BCUT2D eigenvalue weighted by Crippen LogP contribution is -2.57. The molecule has 0 saturated carbocycles. The molecular formula is C18H25F2N3O3. The van der Waals surface area contributed by atoms with Crippen molar-refractivity contribution in [2.45, 2.75) is 44.8 Å². The van der Waals surface area contributed by atoms with Gasteiger partial charge < -0.3 is 20.7 Å². The van der Waals surface area contributed by atoms with Crippen LogP contribution in [-0.4, -0.2) is 47.7 Å². The highest BCUT2D eigenvalue weighted by atomic mass is 19.1. The first-order chi connectivity index (χ1) is 12.0. The molecule has 3 N–H and O–H groups in total. The largest absolute Gasteiger partial charge is 0.444 e. The van der Waals surface area contributed by atoms with Crippen molar-refractivity contribution in [3.05, 3.63) is 35.4 Å². The lowest BCUT2D eigenvalue weighted by atomic mass is 9.88. The van der Waals surface area contributed by atoms with Crippen molar-refractivity contribution in [2.24, 2.45) is 5.73 Å². The molecule has 0 aromatic heterocycles. The zero-order valence-electron chi connectivity index (χ0n) is 15.3. The van der Waals surface area contributed by atoms with Crippen molar-refractivity contribution < 1.29 is 23.1 Å². The first-order valence-corrected chi connectivity index (χ1v) is 8.49. The molecule has 0 spiro atoms. The van der Waals surface area contributed by atoms with Crippen molar-refractivity contribution in [3.63, 3.8) is 0 Å². The van der Waals surface area contributed by atoms with Gasteiger partial charge in [-0.05, 0) is 45.7 Å². The first kappa shape index (κ1) is 20.1. The maximum absolute atomic E-state index is 13.6. The molecule has 6 nitrogen and oxygen atoms in total. The van der Waals surface area contributed by atoms with Crippen molar-refractivity contribution in [1.82, 2.24) is 10.2 Å². The van der Waals surface area contributed by atoms with Crippen LogP contribution in [0.1, 0.15) is 44.0 Å². The van der Waals surface area contributed by atoms with Crippen LogP contribution in [0.4, 0.5) is 13.6 Å². The number of ether oxygens (including phenoxy) is 1. The monoisotopic (exact) mass is 369 g/mol. The van der Waals surface area contributed by atoms with Crippen LogP contribution in [0, 0.1) is 11.6 Å². The summed E-state index contributed by atoms with van der Waals surface area (Å²) in [4.78, 5) is 25.7. The number of carbonyl (C=O) groups is 2. The second-order valence-corrected chi connectivity index (χ2v) is 7.64. The second-order valence-electron chi connectivity index (χ2n) is 7.64. The van der Waals surface area contributed by atoms with E-state index in [1.807, 2.05) is 0 Å². The van der Waals surface area contributed by atoms with E-state index in [0.717, 1.165) is 12.1 Å². The van der Waals surface area contributed by atoms with Gasteiger partial charge in [0.05, 0.1) is 5.56 Å². The molecule has 2 amide bonds. The summed E-state index contributed by atoms with van der Waals surface area (Å²) in [6.45, 7) is 6.34. The Hall–Kier alpha value is -2.22. The second kappa shape index (κ2) is 7.57. The van der Waals surface area contributed by atoms with E-state index in [1.54, 1.807) is 25.7 Å². The Morgan fingerprint density at radius 2 is 1.88 bits per heavy atom. The molecule has 1 aromatic carbocycles. The maximum atomic E-state index is 13.6. The molecular weight excluding hydrogens is 344 g/mol. The fourth-order valence-corrected chi connectivity index (χ4v) is 2.66. The summed E-state index contributed by atoms with van der Waals surface area (Å²) < 4.78 is 31.9.